The zero-order valence-electron chi connectivity index (χ0n) is 32.6. The van der Waals surface area contributed by atoms with Crippen molar-refractivity contribution in [1.29, 1.82) is 0 Å². The number of carbonyl (C=O) groups excluding carboxylic acids is 1. The second-order valence-electron chi connectivity index (χ2n) is 15.1. The normalized spacial score (nSPS) is 22.3. The van der Waals surface area contributed by atoms with E-state index in [-0.39, 0.29) is 52.3 Å². The van der Waals surface area contributed by atoms with E-state index < -0.39 is 55.1 Å². The Bertz CT molecular complexity index is 2030. The fourth-order valence-electron chi connectivity index (χ4n) is 6.93. The van der Waals surface area contributed by atoms with E-state index in [0.29, 0.717) is 57.8 Å². The zero-order valence-corrected chi connectivity index (χ0v) is 35.1. The molecule has 0 aliphatic heterocycles. The largest absolute Gasteiger partial charge is 0.467 e. The average molecular weight is 889 g/mol. The van der Waals surface area contributed by atoms with Gasteiger partial charge in [0.15, 0.2) is 0 Å². The van der Waals surface area contributed by atoms with E-state index in [1.165, 1.54) is 26.4 Å². The molecule has 0 spiro atoms. The molecule has 14 nitrogen and oxygen atoms in total. The molecule has 6 atom stereocenters. The van der Waals surface area contributed by atoms with Gasteiger partial charge in [-0.3, -0.25) is 0 Å². The first-order valence-electron chi connectivity index (χ1n) is 17.8. The minimum Gasteiger partial charge on any atom is -0.467 e. The van der Waals surface area contributed by atoms with E-state index in [9.17, 15) is 41.4 Å². The number of fused-ring (bicyclic) bond motifs is 2. The first kappa shape index (κ1) is 47.0. The van der Waals surface area contributed by atoms with Crippen LogP contribution in [0.3, 0.4) is 0 Å². The fourth-order valence-corrected chi connectivity index (χ4v) is 9.02. The number of alkyl carbamates (subject to hydrolysis) is 1. The van der Waals surface area contributed by atoms with Crippen LogP contribution in [0.15, 0.2) is 12.1 Å². The Morgan fingerprint density at radius 2 is 1.22 bits per heavy atom. The summed E-state index contributed by atoms with van der Waals surface area (Å²) in [6, 6.07) is 1.85. The lowest BCUT2D eigenvalue weighted by atomic mass is 10.1. The quantitative estimate of drug-likeness (QED) is 0.140. The Kier molecular flexibility index (Phi) is 14.8. The SMILES string of the molecule is COc1nc(N(C)[C@H]2C[C@@H](N)C[C@H]2O)c2cc(CC(F)(F)F)sc2n1.COc1nc(N(C)[C@H]2C[C@@H](NC(=O)OC(C)(C)C)C[C@H]2O)c2cc(CC(F)(F)F)sc2n1.Cl. The highest BCUT2D eigenvalue weighted by molar-refractivity contribution is 7.19. The number of hydrogen-bond acceptors (Lipinski definition) is 15. The minimum atomic E-state index is -4.34. The summed E-state index contributed by atoms with van der Waals surface area (Å²) in [4.78, 5) is 33.6. The van der Waals surface area contributed by atoms with E-state index in [1.807, 2.05) is 0 Å². The predicted molar refractivity (Wildman–Crippen MR) is 211 cm³/mol. The van der Waals surface area contributed by atoms with Crippen LogP contribution in [0.4, 0.5) is 42.8 Å². The van der Waals surface area contributed by atoms with Gasteiger partial charge in [0.25, 0.3) is 0 Å². The molecule has 58 heavy (non-hydrogen) atoms. The summed E-state index contributed by atoms with van der Waals surface area (Å²) in [5.41, 5.74) is 5.26. The standard InChI is InChI=1S/C20H27F3N4O4S.C15H19F3N4O2S.ClH/c1-19(2,3)31-18(29)24-10-6-13(14(28)7-10)27(4)15-12-8-11(9-20(21,22)23)32-16(12)26-17(25-15)30-5;1-22(10-3-7(19)4-11(10)23)12-9-5-8(6-15(16,17)18)25-13(9)21-14(20-12)24-2;/h8,10,13-14,28H,6-7,9H2,1-5H3,(H,24,29);5,7,10-11,23H,3-4,6,19H2,1-2H3;1H/t10-,13+,14-;7-,10+,11-;/m11./s1. The highest BCUT2D eigenvalue weighted by atomic mass is 35.5. The number of nitrogens with two attached hydrogens (primary N) is 1. The van der Waals surface area contributed by atoms with Gasteiger partial charge in [-0.15, -0.1) is 35.1 Å². The van der Waals surface area contributed by atoms with E-state index in [1.54, 1.807) is 44.7 Å². The van der Waals surface area contributed by atoms with Crippen LogP contribution in [0, 0.1) is 0 Å². The van der Waals surface area contributed by atoms with Crippen molar-refractivity contribution in [2.75, 3.05) is 38.1 Å². The third-order valence-corrected chi connectivity index (χ3v) is 11.4. The molecule has 2 aliphatic carbocycles. The number of ether oxygens (including phenoxy) is 3. The van der Waals surface area contributed by atoms with Gasteiger partial charge in [-0.1, -0.05) is 0 Å². The molecule has 0 unspecified atom stereocenters. The van der Waals surface area contributed by atoms with Crippen molar-refractivity contribution in [1.82, 2.24) is 25.3 Å². The van der Waals surface area contributed by atoms with Crippen LogP contribution in [0.25, 0.3) is 20.4 Å². The van der Waals surface area contributed by atoms with Crippen LogP contribution in [0.1, 0.15) is 56.2 Å². The van der Waals surface area contributed by atoms with Gasteiger partial charge < -0.3 is 45.3 Å². The van der Waals surface area contributed by atoms with E-state index in [2.05, 4.69) is 25.3 Å². The highest BCUT2D eigenvalue weighted by Gasteiger charge is 2.39. The first-order chi connectivity index (χ1) is 26.4. The Balaban J connectivity index is 0.000000259. The summed E-state index contributed by atoms with van der Waals surface area (Å²) in [7, 11) is 6.22. The minimum absolute atomic E-state index is 0. The first-order valence-corrected chi connectivity index (χ1v) is 19.5. The highest BCUT2D eigenvalue weighted by Crippen LogP contribution is 2.39. The maximum Gasteiger partial charge on any atom is 0.407 e. The molecule has 4 aromatic heterocycles. The van der Waals surface area contributed by atoms with E-state index in [0.717, 1.165) is 22.7 Å². The van der Waals surface area contributed by atoms with Crippen molar-refractivity contribution in [2.24, 2.45) is 5.73 Å². The number of nitrogens with zero attached hydrogens (tertiary/aromatic N) is 6. The van der Waals surface area contributed by atoms with Crippen LogP contribution in [0.5, 0.6) is 12.0 Å². The van der Waals surface area contributed by atoms with Gasteiger partial charge in [-0.25, -0.2) is 4.79 Å². The molecule has 0 aromatic carbocycles. The Hall–Kier alpha value is -3.70. The Morgan fingerprint density at radius 3 is 1.60 bits per heavy atom. The number of aliphatic hydroxyl groups is 2. The number of likely N-dealkylation sites (N-methyl/N-ethyl adjacent to an activating group) is 2. The molecule has 4 aromatic rings. The number of methoxy groups -OCH3 is 2. The monoisotopic (exact) mass is 888 g/mol. The van der Waals surface area contributed by atoms with Crippen LogP contribution in [-0.4, -0.2) is 119 Å². The van der Waals surface area contributed by atoms with E-state index in [4.69, 9.17) is 19.9 Å². The van der Waals surface area contributed by atoms with Crippen molar-refractivity contribution >= 4 is 73.2 Å². The van der Waals surface area contributed by atoms with Crippen molar-refractivity contribution in [3.05, 3.63) is 21.9 Å². The second-order valence-corrected chi connectivity index (χ2v) is 17.3. The third-order valence-electron chi connectivity index (χ3n) is 9.33. The summed E-state index contributed by atoms with van der Waals surface area (Å²) < 4.78 is 92.2. The van der Waals surface area contributed by atoms with Crippen LogP contribution in [-0.2, 0) is 17.6 Å². The van der Waals surface area contributed by atoms with Gasteiger partial charge in [0.05, 0.1) is 62.1 Å². The van der Waals surface area contributed by atoms with Crippen molar-refractivity contribution in [3.8, 4) is 12.0 Å². The maximum absolute atomic E-state index is 12.9. The van der Waals surface area contributed by atoms with Gasteiger partial charge in [0, 0.05) is 35.9 Å². The number of alkyl halides is 6. The number of carbonyl (C=O) groups is 1. The van der Waals surface area contributed by atoms with Crippen molar-refractivity contribution in [3.63, 3.8) is 0 Å². The maximum atomic E-state index is 12.9. The van der Waals surface area contributed by atoms with Gasteiger partial charge in [0.2, 0.25) is 0 Å². The van der Waals surface area contributed by atoms with Crippen molar-refractivity contribution < 1.29 is 55.6 Å². The number of aromatic nitrogens is 4. The average Bonchev–Trinajstić information content (AvgIpc) is 3.85. The molecule has 23 heteroatoms. The molecule has 2 fully saturated rings. The summed E-state index contributed by atoms with van der Waals surface area (Å²) in [6.45, 7) is 5.27. The van der Waals surface area contributed by atoms with Crippen LogP contribution < -0.4 is 30.3 Å². The molecule has 0 bridgehead atoms. The fraction of sp³-hybridized carbons (Fsp3) is 0.629. The molecule has 6 rings (SSSR count). The molecular weight excluding hydrogens is 842 g/mol. The topological polar surface area (TPSA) is 181 Å². The zero-order chi connectivity index (χ0) is 42.2. The van der Waals surface area contributed by atoms with Crippen LogP contribution in [0.2, 0.25) is 0 Å². The van der Waals surface area contributed by atoms with Gasteiger partial charge in [-0.2, -0.15) is 46.3 Å². The molecule has 5 N–H and O–H groups in total. The van der Waals surface area contributed by atoms with Crippen LogP contribution >= 0.6 is 35.1 Å². The number of hydrogen-bond donors (Lipinski definition) is 4. The summed E-state index contributed by atoms with van der Waals surface area (Å²) in [5, 5.41) is 24.6. The number of anilines is 2. The number of rotatable bonds is 9. The summed E-state index contributed by atoms with van der Waals surface area (Å²) in [6.07, 6.45) is -10.9. The molecule has 0 radical (unpaired) electrons. The summed E-state index contributed by atoms with van der Waals surface area (Å²) in [5.74, 6) is 0.795. The number of amides is 1. The van der Waals surface area contributed by atoms with Gasteiger partial charge in [-0.05, 0) is 58.6 Å². The lowest BCUT2D eigenvalue weighted by Crippen LogP contribution is -2.40. The number of thiophene rings is 2. The number of aliphatic hydroxyl groups excluding tert-OH is 2. The predicted octanol–water partition coefficient (Wildman–Crippen LogP) is 6.17. The smallest absolute Gasteiger partial charge is 0.407 e. The summed E-state index contributed by atoms with van der Waals surface area (Å²) >= 11 is 1.89. The van der Waals surface area contributed by atoms with Gasteiger partial charge >= 0.3 is 30.5 Å². The Morgan fingerprint density at radius 1 is 0.793 bits per heavy atom. The number of halogens is 7. The molecule has 1 amide bonds. The molecule has 2 aliphatic rings. The molecule has 0 saturated heterocycles. The lowest BCUT2D eigenvalue weighted by molar-refractivity contribution is -0.127. The van der Waals surface area contributed by atoms with E-state index >= 15 is 0 Å². The Labute approximate surface area is 344 Å². The van der Waals surface area contributed by atoms with Gasteiger partial charge in [0.1, 0.15) is 26.9 Å². The van der Waals surface area contributed by atoms with Crippen molar-refractivity contribution in [2.45, 2.75) is 114 Å². The second kappa shape index (κ2) is 18.3. The molecule has 2 saturated carbocycles. The number of nitrogens with one attached hydrogen (secondary N) is 1. The third kappa shape index (κ3) is 12.0. The molecule has 324 valence electrons. The molecule has 4 heterocycles. The molecular formula is C35H47ClF6N8O6S2. The lowest BCUT2D eigenvalue weighted by Gasteiger charge is -2.28.